The molecule has 2 N–H and O–H groups in total. The topological polar surface area (TPSA) is 63.4 Å². The summed E-state index contributed by atoms with van der Waals surface area (Å²) >= 11 is 4.70. The summed E-state index contributed by atoms with van der Waals surface area (Å²) in [6.45, 7) is 2.77. The first-order valence-electron chi connectivity index (χ1n) is 5.50. The maximum atomic E-state index is 12.5. The SMILES string of the molecule is CCN(C1CC1)S(=O)(=O)c1cc(CN)sc1Br. The summed E-state index contributed by atoms with van der Waals surface area (Å²) < 4.78 is 27.1. The van der Waals surface area contributed by atoms with Crippen molar-refractivity contribution in [2.45, 2.75) is 37.2 Å². The van der Waals surface area contributed by atoms with Gasteiger partial charge in [0.1, 0.15) is 4.90 Å². The molecule has 1 aliphatic carbocycles. The number of sulfonamides is 1. The minimum Gasteiger partial charge on any atom is -0.326 e. The molecule has 7 heteroatoms. The van der Waals surface area contributed by atoms with Gasteiger partial charge in [-0.2, -0.15) is 4.31 Å². The van der Waals surface area contributed by atoms with Gasteiger partial charge >= 0.3 is 0 Å². The summed E-state index contributed by atoms with van der Waals surface area (Å²) in [5.41, 5.74) is 5.54. The molecule has 4 nitrogen and oxygen atoms in total. The fourth-order valence-corrected chi connectivity index (χ4v) is 5.99. The summed E-state index contributed by atoms with van der Waals surface area (Å²) in [5.74, 6) is 0. The quantitative estimate of drug-likeness (QED) is 0.894. The van der Waals surface area contributed by atoms with E-state index >= 15 is 0 Å². The summed E-state index contributed by atoms with van der Waals surface area (Å²) in [6.07, 6.45) is 1.94. The van der Waals surface area contributed by atoms with Crippen molar-refractivity contribution in [1.82, 2.24) is 4.31 Å². The predicted octanol–water partition coefficient (Wildman–Crippen LogP) is 2.14. The Hall–Kier alpha value is 0.0500. The van der Waals surface area contributed by atoms with Gasteiger partial charge in [-0.05, 0) is 34.8 Å². The van der Waals surface area contributed by atoms with Crippen molar-refractivity contribution in [2.24, 2.45) is 5.73 Å². The summed E-state index contributed by atoms with van der Waals surface area (Å²) in [7, 11) is -3.37. The lowest BCUT2D eigenvalue weighted by Gasteiger charge is -2.19. The zero-order chi connectivity index (χ0) is 12.6. The smallest absolute Gasteiger partial charge is 0.245 e. The molecule has 0 aliphatic heterocycles. The highest BCUT2D eigenvalue weighted by Crippen LogP contribution is 2.37. The van der Waals surface area contributed by atoms with Crippen molar-refractivity contribution >= 4 is 37.3 Å². The van der Waals surface area contributed by atoms with Crippen LogP contribution in [0.15, 0.2) is 14.7 Å². The fourth-order valence-electron chi connectivity index (χ4n) is 1.79. The van der Waals surface area contributed by atoms with Crippen LogP contribution in [0.2, 0.25) is 0 Å². The van der Waals surface area contributed by atoms with E-state index in [2.05, 4.69) is 15.9 Å². The van der Waals surface area contributed by atoms with E-state index < -0.39 is 10.0 Å². The fraction of sp³-hybridized carbons (Fsp3) is 0.600. The summed E-state index contributed by atoms with van der Waals surface area (Å²) in [6, 6.07) is 1.87. The largest absolute Gasteiger partial charge is 0.326 e. The van der Waals surface area contributed by atoms with E-state index in [0.29, 0.717) is 21.8 Å². The van der Waals surface area contributed by atoms with Gasteiger partial charge in [0.25, 0.3) is 0 Å². The average Bonchev–Trinajstić information content (AvgIpc) is 3.01. The molecule has 1 aromatic heterocycles. The second-order valence-corrected chi connectivity index (χ2v) is 8.31. The molecule has 0 spiro atoms. The van der Waals surface area contributed by atoms with Crippen LogP contribution in [0, 0.1) is 0 Å². The van der Waals surface area contributed by atoms with E-state index in [-0.39, 0.29) is 6.04 Å². The second kappa shape index (κ2) is 4.97. The van der Waals surface area contributed by atoms with Crippen LogP contribution < -0.4 is 5.73 Å². The third-order valence-corrected chi connectivity index (χ3v) is 7.06. The zero-order valence-corrected chi connectivity index (χ0v) is 12.7. The Kier molecular flexibility index (Phi) is 3.94. The number of hydrogen-bond donors (Lipinski definition) is 1. The van der Waals surface area contributed by atoms with Crippen LogP contribution in [0.4, 0.5) is 0 Å². The molecule has 0 aromatic carbocycles. The van der Waals surface area contributed by atoms with Crippen LogP contribution in [0.5, 0.6) is 0 Å². The number of rotatable bonds is 5. The summed E-state index contributed by atoms with van der Waals surface area (Å²) in [4.78, 5) is 1.24. The first-order valence-corrected chi connectivity index (χ1v) is 8.55. The minimum absolute atomic E-state index is 0.193. The molecule has 0 amide bonds. The zero-order valence-electron chi connectivity index (χ0n) is 9.52. The van der Waals surface area contributed by atoms with Crippen LogP contribution in [-0.2, 0) is 16.6 Å². The Bertz CT molecular complexity index is 508. The van der Waals surface area contributed by atoms with Gasteiger partial charge in [-0.1, -0.05) is 6.92 Å². The number of nitrogens with zero attached hydrogens (tertiary/aromatic N) is 1. The maximum absolute atomic E-state index is 12.5. The maximum Gasteiger partial charge on any atom is 0.245 e. The third kappa shape index (κ3) is 2.58. The van der Waals surface area contributed by atoms with Gasteiger partial charge in [0.05, 0.1) is 3.79 Å². The Morgan fingerprint density at radius 3 is 2.65 bits per heavy atom. The Morgan fingerprint density at radius 1 is 1.59 bits per heavy atom. The highest BCUT2D eigenvalue weighted by atomic mass is 79.9. The molecular formula is C10H15BrN2O2S2. The van der Waals surface area contributed by atoms with Crippen LogP contribution in [-0.4, -0.2) is 25.3 Å². The normalized spacial score (nSPS) is 16.7. The minimum atomic E-state index is -3.37. The van der Waals surface area contributed by atoms with Gasteiger partial charge in [-0.15, -0.1) is 11.3 Å². The Balaban J connectivity index is 2.39. The van der Waals surface area contributed by atoms with Crippen molar-refractivity contribution in [3.8, 4) is 0 Å². The molecule has 1 heterocycles. The molecule has 0 bridgehead atoms. The lowest BCUT2D eigenvalue weighted by atomic mass is 10.5. The molecule has 1 aromatic rings. The van der Waals surface area contributed by atoms with E-state index in [4.69, 9.17) is 5.73 Å². The van der Waals surface area contributed by atoms with Gasteiger partial charge in [0.2, 0.25) is 10.0 Å². The van der Waals surface area contributed by atoms with Gasteiger partial charge in [-0.3, -0.25) is 0 Å². The van der Waals surface area contributed by atoms with Crippen LogP contribution in [0.1, 0.15) is 24.6 Å². The molecule has 17 heavy (non-hydrogen) atoms. The van der Waals surface area contributed by atoms with Gasteiger partial charge in [0.15, 0.2) is 0 Å². The van der Waals surface area contributed by atoms with E-state index in [9.17, 15) is 8.42 Å². The number of nitrogens with two attached hydrogens (primary N) is 1. The van der Waals surface area contributed by atoms with Crippen molar-refractivity contribution < 1.29 is 8.42 Å². The van der Waals surface area contributed by atoms with Gasteiger partial charge in [-0.25, -0.2) is 8.42 Å². The van der Waals surface area contributed by atoms with Crippen LogP contribution >= 0.6 is 27.3 Å². The van der Waals surface area contributed by atoms with Crippen molar-refractivity contribution in [1.29, 1.82) is 0 Å². The first-order chi connectivity index (χ1) is 8.00. The number of hydrogen-bond acceptors (Lipinski definition) is 4. The number of halogens is 1. The second-order valence-electron chi connectivity index (χ2n) is 3.99. The molecule has 0 atom stereocenters. The molecule has 0 radical (unpaired) electrons. The van der Waals surface area contributed by atoms with E-state index in [1.165, 1.54) is 11.3 Å². The predicted molar refractivity (Wildman–Crippen MR) is 72.5 cm³/mol. The molecule has 1 saturated carbocycles. The average molecular weight is 339 g/mol. The van der Waals surface area contributed by atoms with Gasteiger partial charge < -0.3 is 5.73 Å². The van der Waals surface area contributed by atoms with Crippen LogP contribution in [0.3, 0.4) is 0 Å². The lowest BCUT2D eigenvalue weighted by Crippen LogP contribution is -2.32. The molecule has 1 aliphatic rings. The van der Waals surface area contributed by atoms with Crippen molar-refractivity contribution in [2.75, 3.05) is 6.54 Å². The lowest BCUT2D eigenvalue weighted by molar-refractivity contribution is 0.421. The van der Waals surface area contributed by atoms with E-state index in [0.717, 1.165) is 17.7 Å². The number of thiophene rings is 1. The monoisotopic (exact) mass is 338 g/mol. The Labute approximate surface area is 114 Å². The Morgan fingerprint density at radius 2 is 2.24 bits per heavy atom. The van der Waals surface area contributed by atoms with Gasteiger partial charge in [0, 0.05) is 24.0 Å². The first kappa shape index (κ1) is 13.5. The van der Waals surface area contributed by atoms with E-state index in [1.807, 2.05) is 6.92 Å². The summed E-state index contributed by atoms with van der Waals surface area (Å²) in [5, 5.41) is 0. The molecule has 1 fully saturated rings. The molecule has 0 saturated heterocycles. The van der Waals surface area contributed by atoms with Crippen molar-refractivity contribution in [3.05, 3.63) is 14.7 Å². The molecule has 96 valence electrons. The molecule has 2 rings (SSSR count). The highest BCUT2D eigenvalue weighted by Gasteiger charge is 2.38. The standard InChI is InChI=1S/C10H15BrN2O2S2/c1-2-13(7-3-4-7)17(14,15)9-5-8(6-12)16-10(9)11/h5,7H,2-4,6,12H2,1H3. The third-order valence-electron chi connectivity index (χ3n) is 2.76. The van der Waals surface area contributed by atoms with E-state index in [1.54, 1.807) is 10.4 Å². The molecular weight excluding hydrogens is 324 g/mol. The van der Waals surface area contributed by atoms with Crippen LogP contribution in [0.25, 0.3) is 0 Å². The van der Waals surface area contributed by atoms with Crippen molar-refractivity contribution in [3.63, 3.8) is 0 Å². The molecule has 0 unspecified atom stereocenters. The highest BCUT2D eigenvalue weighted by molar-refractivity contribution is 9.11.